The summed E-state index contributed by atoms with van der Waals surface area (Å²) in [4.78, 5) is 61.7. The number of amides is 4. The second-order valence-electron chi connectivity index (χ2n) is 9.01. The van der Waals surface area contributed by atoms with Gasteiger partial charge in [0.1, 0.15) is 12.1 Å². The molecule has 204 valence electrons. The van der Waals surface area contributed by atoms with Gasteiger partial charge in [-0.15, -0.1) is 0 Å². The predicted molar refractivity (Wildman–Crippen MR) is 130 cm³/mol. The third-order valence-electron chi connectivity index (χ3n) is 5.43. The third kappa shape index (κ3) is 11.1. The molecule has 1 aliphatic rings. The molecule has 0 aromatic rings. The number of ether oxygens (including phenoxy) is 2. The minimum absolute atomic E-state index is 0.0122. The van der Waals surface area contributed by atoms with Crippen LogP contribution < -0.4 is 21.3 Å². The van der Waals surface area contributed by atoms with E-state index in [1.807, 2.05) is 13.8 Å². The van der Waals surface area contributed by atoms with Crippen LogP contribution in [-0.4, -0.2) is 78.9 Å². The maximum Gasteiger partial charge on any atom is 0.407 e. The Labute approximate surface area is 211 Å². The zero-order chi connectivity index (χ0) is 27.3. The van der Waals surface area contributed by atoms with Crippen LogP contribution in [0.3, 0.4) is 0 Å². The molecule has 4 amide bonds. The molecule has 1 heterocycles. The van der Waals surface area contributed by atoms with Gasteiger partial charge >= 0.3 is 12.1 Å². The molecule has 12 nitrogen and oxygen atoms in total. The highest BCUT2D eigenvalue weighted by atomic mass is 16.5. The van der Waals surface area contributed by atoms with Gasteiger partial charge in [-0.1, -0.05) is 19.9 Å². The van der Waals surface area contributed by atoms with Crippen molar-refractivity contribution < 1.29 is 38.6 Å². The van der Waals surface area contributed by atoms with Crippen LogP contribution in [0.25, 0.3) is 0 Å². The first kappa shape index (κ1) is 30.9. The van der Waals surface area contributed by atoms with E-state index in [9.17, 15) is 29.1 Å². The summed E-state index contributed by atoms with van der Waals surface area (Å²) in [5.41, 5.74) is 0. The molecular formula is C24H40N4O8. The lowest BCUT2D eigenvalue weighted by Crippen LogP contribution is -2.58. The van der Waals surface area contributed by atoms with Gasteiger partial charge in [0.15, 0.2) is 0 Å². The first-order valence-electron chi connectivity index (χ1n) is 12.3. The van der Waals surface area contributed by atoms with Crippen molar-refractivity contribution in [3.63, 3.8) is 0 Å². The van der Waals surface area contributed by atoms with E-state index in [2.05, 4.69) is 21.3 Å². The van der Waals surface area contributed by atoms with Crippen LogP contribution in [0.4, 0.5) is 4.79 Å². The summed E-state index contributed by atoms with van der Waals surface area (Å²) in [6, 6.07) is -3.01. The Balaban J connectivity index is 3.02. The number of hydrogen-bond acceptors (Lipinski definition) is 8. The number of rotatable bonds is 14. The highest BCUT2D eigenvalue weighted by molar-refractivity contribution is 5.92. The highest BCUT2D eigenvalue weighted by Gasteiger charge is 2.32. The van der Waals surface area contributed by atoms with Crippen molar-refractivity contribution in [2.24, 2.45) is 11.8 Å². The molecule has 12 heteroatoms. The van der Waals surface area contributed by atoms with Crippen molar-refractivity contribution in [3.05, 3.63) is 12.2 Å². The second kappa shape index (κ2) is 15.8. The Bertz CT molecular complexity index is 799. The summed E-state index contributed by atoms with van der Waals surface area (Å²) in [5, 5.41) is 20.4. The number of alkyl carbamates (subject to hydrolysis) is 1. The van der Waals surface area contributed by atoms with E-state index in [1.54, 1.807) is 13.8 Å². The Hall–Kier alpha value is -3.15. The van der Waals surface area contributed by atoms with E-state index in [0.29, 0.717) is 13.0 Å². The van der Waals surface area contributed by atoms with Gasteiger partial charge in [-0.05, 0) is 46.0 Å². The summed E-state index contributed by atoms with van der Waals surface area (Å²) < 4.78 is 9.68. The van der Waals surface area contributed by atoms with E-state index in [-0.39, 0.29) is 43.8 Å². The normalized spacial score (nSPS) is 18.6. The van der Waals surface area contributed by atoms with Crippen LogP contribution in [0.2, 0.25) is 0 Å². The number of hydrogen-bond donors (Lipinski definition) is 5. The number of nitrogens with one attached hydrogen (secondary N) is 4. The van der Waals surface area contributed by atoms with Gasteiger partial charge in [-0.3, -0.25) is 14.4 Å². The zero-order valence-electron chi connectivity index (χ0n) is 21.7. The lowest BCUT2D eigenvalue weighted by atomic mass is 9.96. The Morgan fingerprint density at radius 1 is 1.06 bits per heavy atom. The molecule has 0 saturated carbocycles. The van der Waals surface area contributed by atoms with Gasteiger partial charge in [0.25, 0.3) is 0 Å². The van der Waals surface area contributed by atoms with Crippen molar-refractivity contribution in [2.45, 2.75) is 78.1 Å². The molecule has 0 aliphatic carbocycles. The van der Waals surface area contributed by atoms with Gasteiger partial charge < -0.3 is 35.8 Å². The minimum atomic E-state index is -1.34. The van der Waals surface area contributed by atoms with Crippen molar-refractivity contribution in [1.82, 2.24) is 21.3 Å². The molecule has 0 aromatic heterocycles. The van der Waals surface area contributed by atoms with E-state index < -0.39 is 48.1 Å². The maximum absolute atomic E-state index is 13.2. The van der Waals surface area contributed by atoms with Gasteiger partial charge in [0.2, 0.25) is 17.7 Å². The number of carbonyl (C=O) groups excluding carboxylic acids is 5. The molecule has 36 heavy (non-hydrogen) atoms. The summed E-state index contributed by atoms with van der Waals surface area (Å²) in [7, 11) is 0. The molecule has 1 saturated heterocycles. The molecular weight excluding hydrogens is 472 g/mol. The van der Waals surface area contributed by atoms with Crippen molar-refractivity contribution in [3.8, 4) is 0 Å². The van der Waals surface area contributed by atoms with Crippen LogP contribution >= 0.6 is 0 Å². The summed E-state index contributed by atoms with van der Waals surface area (Å²) in [6.45, 7) is 9.15. The molecule has 1 rings (SSSR count). The van der Waals surface area contributed by atoms with Crippen LogP contribution in [0.15, 0.2) is 12.2 Å². The van der Waals surface area contributed by atoms with Crippen molar-refractivity contribution in [2.75, 3.05) is 19.8 Å². The fourth-order valence-corrected chi connectivity index (χ4v) is 3.70. The molecule has 0 spiro atoms. The van der Waals surface area contributed by atoms with Gasteiger partial charge in [0, 0.05) is 24.6 Å². The smallest absolute Gasteiger partial charge is 0.407 e. The van der Waals surface area contributed by atoms with Crippen molar-refractivity contribution in [1.29, 1.82) is 0 Å². The Morgan fingerprint density at radius 2 is 1.72 bits per heavy atom. The molecule has 1 fully saturated rings. The Morgan fingerprint density at radius 3 is 2.25 bits per heavy atom. The molecule has 0 aromatic carbocycles. The van der Waals surface area contributed by atoms with E-state index in [1.165, 1.54) is 19.1 Å². The number of aliphatic hydroxyl groups excluding tert-OH is 1. The largest absolute Gasteiger partial charge is 0.463 e. The zero-order valence-corrected chi connectivity index (χ0v) is 21.7. The quantitative estimate of drug-likeness (QED) is 0.162. The molecule has 1 unspecified atom stereocenters. The molecule has 1 aliphatic heterocycles. The minimum Gasteiger partial charge on any atom is -0.463 e. The van der Waals surface area contributed by atoms with Crippen LogP contribution in [0.5, 0.6) is 0 Å². The fraction of sp³-hybridized carbons (Fsp3) is 0.708. The summed E-state index contributed by atoms with van der Waals surface area (Å²) >= 11 is 0. The first-order valence-corrected chi connectivity index (χ1v) is 12.3. The number of aliphatic hydroxyl groups is 1. The van der Waals surface area contributed by atoms with Gasteiger partial charge in [-0.25, -0.2) is 9.59 Å². The number of esters is 1. The standard InChI is InChI=1S/C24H40N4O8/c1-6-35-19(30)9-8-17(13-16-10-11-25-21(16)31)26-22(32)18(12-14(3)4)27-23(33)20(15(5)29)28-24(34)36-7-2/h8-9,14-18,20,29H,6-7,10-13H2,1-5H3,(H,25,31)(H,26,32)(H,27,33)(H,28,34)/t15?,16-,17+,18-,20-/m0/s1. The van der Waals surface area contributed by atoms with Crippen molar-refractivity contribution >= 4 is 29.8 Å². The highest BCUT2D eigenvalue weighted by Crippen LogP contribution is 2.17. The Kier molecular flexibility index (Phi) is 13.5. The SMILES string of the molecule is CCOC(=O)C=C[C@H](C[C@@H]1CCNC1=O)NC(=O)[C@H](CC(C)C)NC(=O)[C@@H](NC(=O)OCC)C(C)O. The molecule has 0 radical (unpaired) electrons. The van der Waals surface area contributed by atoms with Crippen LogP contribution in [0, 0.1) is 11.8 Å². The fourth-order valence-electron chi connectivity index (χ4n) is 3.70. The maximum atomic E-state index is 13.2. The molecule has 0 bridgehead atoms. The van der Waals surface area contributed by atoms with E-state index in [4.69, 9.17) is 9.47 Å². The molecule has 5 N–H and O–H groups in total. The lowest BCUT2D eigenvalue weighted by Gasteiger charge is -2.27. The first-order chi connectivity index (χ1) is 17.0. The number of carbonyl (C=O) groups is 5. The van der Waals surface area contributed by atoms with Crippen LogP contribution in [0.1, 0.15) is 53.9 Å². The van der Waals surface area contributed by atoms with E-state index in [0.717, 1.165) is 0 Å². The average molecular weight is 513 g/mol. The summed E-state index contributed by atoms with van der Waals surface area (Å²) in [6.07, 6.45) is 1.67. The van der Waals surface area contributed by atoms with Gasteiger partial charge in [0.05, 0.1) is 19.3 Å². The summed E-state index contributed by atoms with van der Waals surface area (Å²) in [5.74, 6) is -2.32. The van der Waals surface area contributed by atoms with E-state index >= 15 is 0 Å². The average Bonchev–Trinajstić information content (AvgIpc) is 3.19. The van der Waals surface area contributed by atoms with Gasteiger partial charge in [-0.2, -0.15) is 0 Å². The molecule has 5 atom stereocenters. The third-order valence-corrected chi connectivity index (χ3v) is 5.43. The van der Waals surface area contributed by atoms with Crippen LogP contribution in [-0.2, 0) is 28.7 Å². The topological polar surface area (TPSA) is 172 Å². The second-order valence-corrected chi connectivity index (χ2v) is 9.01. The lowest BCUT2D eigenvalue weighted by molar-refractivity contribution is -0.137. The monoisotopic (exact) mass is 512 g/mol. The predicted octanol–water partition coefficient (Wildman–Crippen LogP) is 0.143.